The summed E-state index contributed by atoms with van der Waals surface area (Å²) in [5.41, 5.74) is 4.58. The van der Waals surface area contributed by atoms with Crippen molar-refractivity contribution in [3.8, 4) is 5.75 Å². The monoisotopic (exact) mass is 365 g/mol. The summed E-state index contributed by atoms with van der Waals surface area (Å²) in [6.45, 7) is 0. The first kappa shape index (κ1) is 20.2. The molecule has 138 valence electrons. The fourth-order valence-corrected chi connectivity index (χ4v) is 2.07. The van der Waals surface area contributed by atoms with Gasteiger partial charge < -0.3 is 25.8 Å². The van der Waals surface area contributed by atoms with Gasteiger partial charge in [-0.1, -0.05) is 18.2 Å². The molecule has 0 spiro atoms. The number of fused-ring (bicyclic) bond motifs is 1. The highest BCUT2D eigenvalue weighted by Gasteiger charge is 2.48. The molecule has 0 bridgehead atoms. The molecule has 5 N–H and O–H groups in total. The summed E-state index contributed by atoms with van der Waals surface area (Å²) in [5.74, 6) is -4.73. The Morgan fingerprint density at radius 1 is 1.20 bits per heavy atom. The van der Waals surface area contributed by atoms with Crippen LogP contribution in [-0.4, -0.2) is 51.0 Å². The van der Waals surface area contributed by atoms with Gasteiger partial charge in [0.2, 0.25) is 5.60 Å². The maximum absolute atomic E-state index is 11.4. The van der Waals surface area contributed by atoms with Crippen molar-refractivity contribution < 1.29 is 47.6 Å². The molecule has 1 aliphatic heterocycles. The Morgan fingerprint density at radius 2 is 1.72 bits per heavy atom. The molecule has 0 unspecified atom stereocenters. The summed E-state index contributed by atoms with van der Waals surface area (Å²) in [6.07, 6.45) is -5.23. The minimum atomic E-state index is -5.08. The van der Waals surface area contributed by atoms with E-state index in [0.29, 0.717) is 5.75 Å². The molecule has 8 nitrogen and oxygen atoms in total. The molecule has 11 heteroatoms. The van der Waals surface area contributed by atoms with Gasteiger partial charge in [0, 0.05) is 12.8 Å². The Hall–Kier alpha value is -2.82. The average molecular weight is 365 g/mol. The second-order valence-corrected chi connectivity index (χ2v) is 5.14. The third kappa shape index (κ3) is 5.08. The number of carboxylic acid groups (broad SMARTS) is 3. The van der Waals surface area contributed by atoms with Crippen molar-refractivity contribution in [3.05, 3.63) is 29.8 Å². The van der Waals surface area contributed by atoms with Crippen LogP contribution in [0.3, 0.4) is 0 Å². The molecule has 1 aliphatic rings. The zero-order valence-corrected chi connectivity index (χ0v) is 12.5. The molecule has 1 aromatic carbocycles. The molecule has 1 aromatic rings. The SMILES string of the molecule is N[C@@H](C[C@@]1(C(=O)O)Cc2ccccc2O1)C(=O)O.O=C(O)C(F)(F)F. The largest absolute Gasteiger partial charge is 0.490 e. The van der Waals surface area contributed by atoms with E-state index >= 15 is 0 Å². The fourth-order valence-electron chi connectivity index (χ4n) is 2.07. The standard InChI is InChI=1S/C12H13NO5.C2HF3O2/c13-8(10(14)15)6-12(11(16)17)5-7-3-1-2-4-9(7)18-12;3-2(4,5)1(6)7/h1-4,8H,5-6,13H2,(H,14,15)(H,16,17);(H,6,7)/t8-,12+;/m0./s1. The highest BCUT2D eigenvalue weighted by atomic mass is 19.4. The average Bonchev–Trinajstić information content (AvgIpc) is 2.86. The third-order valence-corrected chi connectivity index (χ3v) is 3.25. The molecule has 0 saturated carbocycles. The van der Waals surface area contributed by atoms with Gasteiger partial charge in [-0.3, -0.25) is 4.79 Å². The summed E-state index contributed by atoms with van der Waals surface area (Å²) in [7, 11) is 0. The summed E-state index contributed by atoms with van der Waals surface area (Å²) >= 11 is 0. The Labute approximate surface area is 138 Å². The number of benzene rings is 1. The van der Waals surface area contributed by atoms with Crippen LogP contribution in [0, 0.1) is 0 Å². The van der Waals surface area contributed by atoms with E-state index in [4.69, 9.17) is 25.5 Å². The van der Waals surface area contributed by atoms with Crippen LogP contribution in [0.25, 0.3) is 0 Å². The molecule has 0 fully saturated rings. The summed E-state index contributed by atoms with van der Waals surface area (Å²) < 4.78 is 37.2. The zero-order valence-electron chi connectivity index (χ0n) is 12.5. The Balaban J connectivity index is 0.000000381. The number of carbonyl (C=O) groups is 3. The fraction of sp³-hybridized carbons (Fsp3) is 0.357. The lowest BCUT2D eigenvalue weighted by Crippen LogP contribution is -2.50. The molecule has 2 rings (SSSR count). The van der Waals surface area contributed by atoms with Crippen molar-refractivity contribution >= 4 is 17.9 Å². The quantitative estimate of drug-likeness (QED) is 0.615. The lowest BCUT2D eigenvalue weighted by molar-refractivity contribution is -0.192. The Bertz CT molecular complexity index is 650. The van der Waals surface area contributed by atoms with Crippen LogP contribution in [0.5, 0.6) is 5.75 Å². The normalized spacial score (nSPS) is 19.7. The first-order valence-electron chi connectivity index (χ1n) is 6.68. The highest BCUT2D eigenvalue weighted by Crippen LogP contribution is 2.37. The van der Waals surface area contributed by atoms with Crippen LogP contribution in [0.4, 0.5) is 13.2 Å². The molecule has 2 atom stereocenters. The van der Waals surface area contributed by atoms with Crippen LogP contribution in [0.1, 0.15) is 12.0 Å². The minimum Gasteiger partial charge on any atom is -0.480 e. The molecule has 0 radical (unpaired) electrons. The van der Waals surface area contributed by atoms with Crippen LogP contribution < -0.4 is 10.5 Å². The van der Waals surface area contributed by atoms with Crippen LogP contribution in [-0.2, 0) is 20.8 Å². The molecule has 0 aromatic heterocycles. The van der Waals surface area contributed by atoms with Crippen LogP contribution in [0.15, 0.2) is 24.3 Å². The van der Waals surface area contributed by atoms with Gasteiger partial charge in [-0.25, -0.2) is 9.59 Å². The summed E-state index contributed by atoms with van der Waals surface area (Å²) in [6, 6.07) is 5.65. The second-order valence-electron chi connectivity index (χ2n) is 5.14. The number of ether oxygens (including phenoxy) is 1. The number of aliphatic carboxylic acids is 3. The maximum atomic E-state index is 11.4. The summed E-state index contributed by atoms with van der Waals surface area (Å²) in [5, 5.41) is 25.2. The lowest BCUT2D eigenvalue weighted by atomic mass is 9.90. The Kier molecular flexibility index (Phi) is 5.97. The van der Waals surface area contributed by atoms with Gasteiger partial charge in [0.1, 0.15) is 11.8 Å². The number of hydrogen-bond acceptors (Lipinski definition) is 5. The first-order chi connectivity index (χ1) is 11.4. The number of hydrogen-bond donors (Lipinski definition) is 4. The van der Waals surface area contributed by atoms with Gasteiger partial charge in [-0.15, -0.1) is 0 Å². The van der Waals surface area contributed by atoms with Crippen molar-refractivity contribution in [1.82, 2.24) is 0 Å². The van der Waals surface area contributed by atoms with Crippen molar-refractivity contribution in [2.75, 3.05) is 0 Å². The number of alkyl halides is 3. The number of halogens is 3. The van der Waals surface area contributed by atoms with Crippen molar-refractivity contribution in [3.63, 3.8) is 0 Å². The first-order valence-corrected chi connectivity index (χ1v) is 6.68. The van der Waals surface area contributed by atoms with Gasteiger partial charge in [-0.2, -0.15) is 13.2 Å². The van der Waals surface area contributed by atoms with E-state index in [-0.39, 0.29) is 12.8 Å². The van der Waals surface area contributed by atoms with E-state index in [1.807, 2.05) is 0 Å². The molecule has 0 aliphatic carbocycles. The number of nitrogens with two attached hydrogens (primary N) is 1. The predicted molar refractivity (Wildman–Crippen MR) is 75.1 cm³/mol. The molecule has 1 heterocycles. The van der Waals surface area contributed by atoms with Crippen LogP contribution >= 0.6 is 0 Å². The van der Waals surface area contributed by atoms with E-state index in [2.05, 4.69) is 0 Å². The van der Waals surface area contributed by atoms with E-state index in [1.54, 1.807) is 24.3 Å². The second kappa shape index (κ2) is 7.38. The Morgan fingerprint density at radius 3 is 2.12 bits per heavy atom. The molecule has 25 heavy (non-hydrogen) atoms. The molecule has 0 saturated heterocycles. The van der Waals surface area contributed by atoms with E-state index in [9.17, 15) is 27.9 Å². The topological polar surface area (TPSA) is 147 Å². The van der Waals surface area contributed by atoms with E-state index < -0.39 is 35.7 Å². The van der Waals surface area contributed by atoms with Gasteiger partial charge in [0.15, 0.2) is 0 Å². The summed E-state index contributed by atoms with van der Waals surface area (Å²) in [4.78, 5) is 31.0. The van der Waals surface area contributed by atoms with Crippen molar-refractivity contribution in [1.29, 1.82) is 0 Å². The number of rotatable bonds is 4. The van der Waals surface area contributed by atoms with Gasteiger partial charge in [0.05, 0.1) is 0 Å². The van der Waals surface area contributed by atoms with Gasteiger partial charge >= 0.3 is 24.1 Å². The van der Waals surface area contributed by atoms with Gasteiger partial charge in [0.25, 0.3) is 0 Å². The zero-order chi connectivity index (χ0) is 19.4. The maximum Gasteiger partial charge on any atom is 0.490 e. The van der Waals surface area contributed by atoms with E-state index in [1.165, 1.54) is 0 Å². The predicted octanol–water partition coefficient (Wildman–Crippen LogP) is 0.880. The molecular formula is C14H14F3NO7. The van der Waals surface area contributed by atoms with Crippen LogP contribution in [0.2, 0.25) is 0 Å². The molecule has 0 amide bonds. The van der Waals surface area contributed by atoms with E-state index in [0.717, 1.165) is 5.56 Å². The third-order valence-electron chi connectivity index (χ3n) is 3.25. The smallest absolute Gasteiger partial charge is 0.480 e. The van der Waals surface area contributed by atoms with Gasteiger partial charge in [-0.05, 0) is 11.6 Å². The minimum absolute atomic E-state index is 0.124. The number of carboxylic acids is 3. The number of para-hydroxylation sites is 1. The van der Waals surface area contributed by atoms with Crippen molar-refractivity contribution in [2.24, 2.45) is 5.73 Å². The van der Waals surface area contributed by atoms with Crippen molar-refractivity contribution in [2.45, 2.75) is 30.7 Å². The molecular weight excluding hydrogens is 351 g/mol. The lowest BCUT2D eigenvalue weighted by Gasteiger charge is -2.25. The highest BCUT2D eigenvalue weighted by molar-refractivity contribution is 5.82.